The summed E-state index contributed by atoms with van der Waals surface area (Å²) in [7, 11) is 0. The van der Waals surface area contributed by atoms with Gasteiger partial charge in [0.15, 0.2) is 0 Å². The maximum Gasteiger partial charge on any atom is 0.216 e. The first-order chi connectivity index (χ1) is 21.8. The number of benzene rings is 2. The third kappa shape index (κ3) is 6.22. The summed E-state index contributed by atoms with van der Waals surface area (Å²) in [6, 6.07) is 30.7. The van der Waals surface area contributed by atoms with Crippen LogP contribution in [0.1, 0.15) is 43.8 Å². The first kappa shape index (κ1) is 23.8. The molecule has 0 amide bonds. The Hall–Kier alpha value is -3.70. The zero-order valence-electron chi connectivity index (χ0n) is 28.6. The average molecular weight is 751 g/mol. The van der Waals surface area contributed by atoms with Gasteiger partial charge in [0.1, 0.15) is 4.83 Å². The summed E-state index contributed by atoms with van der Waals surface area (Å²) in [5, 5.41) is 2.35. The molecule has 0 aliphatic rings. The van der Waals surface area contributed by atoms with E-state index in [9.17, 15) is 0 Å². The van der Waals surface area contributed by atoms with Gasteiger partial charge in [0.2, 0.25) is 5.71 Å². The van der Waals surface area contributed by atoms with E-state index in [0.717, 1.165) is 37.1 Å². The largest absolute Gasteiger partial charge is 0.486 e. The van der Waals surface area contributed by atoms with Crippen molar-refractivity contribution in [2.24, 2.45) is 5.41 Å². The standard InChI is InChI=1S/C25H23N2OS.C11H8N.Ir/c1-14-9-10-17-16-7-6-8-19(22(16)28-23(17)26-14)21-12-11-18-20(13-25(3,4)5)15(2)29-24(18)27-21;1-2-6-10(7-3-1)11-8-4-5-9-12-11;/h6-7,9-12H,13H2,1-5H3;1-6,8-9H;/q2*-1;/i1D3,13D2;;. The van der Waals surface area contributed by atoms with E-state index in [1.54, 1.807) is 18.3 Å². The molecule has 5 aromatic heterocycles. The number of fused-ring (bicyclic) bond motifs is 4. The minimum Gasteiger partial charge on any atom is -0.486 e. The van der Waals surface area contributed by atoms with Gasteiger partial charge < -0.3 is 9.40 Å². The molecule has 5 heterocycles. The van der Waals surface area contributed by atoms with Crippen LogP contribution in [-0.2, 0) is 26.5 Å². The SMILES string of the molecule is [2H]C([2H])([2H])c1ccc2c(n1)oc1c(-c3ccc4c(C([2H])([2H])C(C)(C)C)c(C)sc4n3)[c-]ccc12.[Ir].[c-]1ccccc1-c1ccccn1. The third-order valence-electron chi connectivity index (χ3n) is 6.44. The Kier molecular flexibility index (Phi) is 6.96. The van der Waals surface area contributed by atoms with Gasteiger partial charge in [0.25, 0.3) is 0 Å². The molecular formula is C36H31IrN3OS-2. The summed E-state index contributed by atoms with van der Waals surface area (Å²) in [6.45, 7) is 5.33. The molecule has 4 nitrogen and oxygen atoms in total. The molecule has 0 atom stereocenters. The van der Waals surface area contributed by atoms with Crippen molar-refractivity contribution in [3.8, 4) is 22.5 Å². The van der Waals surface area contributed by atoms with E-state index in [4.69, 9.17) is 16.3 Å². The van der Waals surface area contributed by atoms with Crippen LogP contribution in [-0.4, -0.2) is 15.0 Å². The molecule has 7 rings (SSSR count). The number of pyridine rings is 3. The molecule has 0 aliphatic heterocycles. The van der Waals surface area contributed by atoms with Gasteiger partial charge in [-0.15, -0.1) is 65.4 Å². The fourth-order valence-electron chi connectivity index (χ4n) is 4.65. The smallest absolute Gasteiger partial charge is 0.216 e. The topological polar surface area (TPSA) is 51.8 Å². The van der Waals surface area contributed by atoms with Crippen molar-refractivity contribution in [3.05, 3.63) is 113 Å². The predicted octanol–water partition coefficient (Wildman–Crippen LogP) is 9.81. The van der Waals surface area contributed by atoms with Gasteiger partial charge in [-0.05, 0) is 60.7 Å². The molecule has 0 spiro atoms. The van der Waals surface area contributed by atoms with E-state index in [-0.39, 0.29) is 31.5 Å². The van der Waals surface area contributed by atoms with Crippen LogP contribution in [0.15, 0.2) is 89.5 Å². The molecule has 0 N–H and O–H groups in total. The molecule has 0 fully saturated rings. The van der Waals surface area contributed by atoms with Crippen LogP contribution in [0.5, 0.6) is 0 Å². The Labute approximate surface area is 271 Å². The fraction of sp³-hybridized carbons (Fsp3) is 0.194. The Bertz CT molecular complexity index is 2140. The van der Waals surface area contributed by atoms with E-state index in [0.29, 0.717) is 22.4 Å². The summed E-state index contributed by atoms with van der Waals surface area (Å²) in [6.07, 6.45) is 0.270. The summed E-state index contributed by atoms with van der Waals surface area (Å²) in [5.41, 5.74) is 4.22. The zero-order valence-corrected chi connectivity index (χ0v) is 26.8. The molecule has 0 saturated heterocycles. The number of nitrogens with zero attached hydrogens (tertiary/aromatic N) is 3. The third-order valence-corrected chi connectivity index (χ3v) is 7.45. The van der Waals surface area contributed by atoms with Gasteiger partial charge in [-0.3, -0.25) is 4.98 Å². The van der Waals surface area contributed by atoms with Crippen LogP contribution in [0.25, 0.3) is 54.8 Å². The van der Waals surface area contributed by atoms with Crippen molar-refractivity contribution in [2.75, 3.05) is 0 Å². The van der Waals surface area contributed by atoms with Crippen molar-refractivity contribution < 1.29 is 31.4 Å². The number of rotatable bonds is 3. The van der Waals surface area contributed by atoms with Gasteiger partial charge in [-0.1, -0.05) is 56.0 Å². The van der Waals surface area contributed by atoms with Crippen LogP contribution >= 0.6 is 11.3 Å². The molecule has 0 unspecified atom stereocenters. The number of hydrogen-bond acceptors (Lipinski definition) is 5. The van der Waals surface area contributed by atoms with Crippen molar-refractivity contribution in [1.29, 1.82) is 0 Å². The van der Waals surface area contributed by atoms with Crippen molar-refractivity contribution in [3.63, 3.8) is 0 Å². The summed E-state index contributed by atoms with van der Waals surface area (Å²) in [4.78, 5) is 15.0. The zero-order chi connectivity index (χ0) is 32.9. The molecule has 6 heteroatoms. The summed E-state index contributed by atoms with van der Waals surface area (Å²) < 4.78 is 46.5. The van der Waals surface area contributed by atoms with Crippen LogP contribution < -0.4 is 0 Å². The summed E-state index contributed by atoms with van der Waals surface area (Å²) >= 11 is 1.48. The first-order valence-electron chi connectivity index (χ1n) is 15.8. The Morgan fingerprint density at radius 1 is 0.881 bits per heavy atom. The van der Waals surface area contributed by atoms with Crippen LogP contribution in [0.2, 0.25) is 0 Å². The Morgan fingerprint density at radius 3 is 2.45 bits per heavy atom. The van der Waals surface area contributed by atoms with Gasteiger partial charge in [-0.2, -0.15) is 0 Å². The van der Waals surface area contributed by atoms with Crippen LogP contribution in [0.4, 0.5) is 0 Å². The summed E-state index contributed by atoms with van der Waals surface area (Å²) in [5.74, 6) is 0. The van der Waals surface area contributed by atoms with Gasteiger partial charge in [0.05, 0.1) is 5.58 Å². The second-order valence-electron chi connectivity index (χ2n) is 10.7. The molecule has 0 bridgehead atoms. The molecule has 7 aromatic rings. The molecule has 1 radical (unpaired) electrons. The minimum absolute atomic E-state index is 0. The van der Waals surface area contributed by atoms with E-state index in [1.807, 2.05) is 88.4 Å². The maximum atomic E-state index is 8.78. The number of aromatic nitrogens is 3. The molecular weight excluding hydrogens is 715 g/mol. The quantitative estimate of drug-likeness (QED) is 0.169. The van der Waals surface area contributed by atoms with E-state index in [1.165, 1.54) is 17.4 Å². The van der Waals surface area contributed by atoms with E-state index >= 15 is 0 Å². The molecule has 42 heavy (non-hydrogen) atoms. The molecule has 0 aliphatic carbocycles. The number of furan rings is 1. The monoisotopic (exact) mass is 751 g/mol. The van der Waals surface area contributed by atoms with E-state index in [2.05, 4.69) is 22.1 Å². The predicted molar refractivity (Wildman–Crippen MR) is 170 cm³/mol. The second-order valence-corrected chi connectivity index (χ2v) is 11.9. The Balaban J connectivity index is 0.000000280. The maximum absolute atomic E-state index is 8.78. The number of thiophene rings is 1. The number of hydrogen-bond donors (Lipinski definition) is 0. The molecule has 213 valence electrons. The first-order valence-corrected chi connectivity index (χ1v) is 14.1. The Morgan fingerprint density at radius 2 is 1.71 bits per heavy atom. The van der Waals surface area contributed by atoms with Crippen LogP contribution in [0.3, 0.4) is 0 Å². The van der Waals surface area contributed by atoms with Crippen LogP contribution in [0, 0.1) is 31.3 Å². The van der Waals surface area contributed by atoms with Gasteiger partial charge >= 0.3 is 0 Å². The fourth-order valence-corrected chi connectivity index (χ4v) is 5.63. The van der Waals surface area contributed by atoms with Gasteiger partial charge in [-0.25, -0.2) is 4.98 Å². The van der Waals surface area contributed by atoms with Gasteiger partial charge in [0, 0.05) is 54.5 Å². The van der Waals surface area contributed by atoms with Crippen molar-refractivity contribution in [2.45, 2.75) is 40.9 Å². The molecule has 2 aromatic carbocycles. The second kappa shape index (κ2) is 12.3. The molecule has 0 saturated carbocycles. The average Bonchev–Trinajstić information content (AvgIpc) is 3.57. The minimum atomic E-state index is -2.32. The van der Waals surface area contributed by atoms with E-state index < -0.39 is 18.6 Å². The van der Waals surface area contributed by atoms with Crippen molar-refractivity contribution >= 4 is 43.6 Å². The number of aryl methyl sites for hydroxylation is 2. The van der Waals surface area contributed by atoms with Crippen molar-refractivity contribution in [1.82, 2.24) is 15.0 Å². The normalized spacial score (nSPS) is 13.8.